The summed E-state index contributed by atoms with van der Waals surface area (Å²) < 4.78 is 27.8. The van der Waals surface area contributed by atoms with E-state index < -0.39 is 17.7 Å². The zero-order chi connectivity index (χ0) is 19.0. The van der Waals surface area contributed by atoms with Gasteiger partial charge in [-0.2, -0.15) is 0 Å². The van der Waals surface area contributed by atoms with Crippen molar-refractivity contribution in [1.29, 1.82) is 0 Å². The molecule has 0 radical (unpaired) electrons. The average molecular weight is 399 g/mol. The Kier molecular flexibility index (Phi) is 4.86. The van der Waals surface area contributed by atoms with Gasteiger partial charge in [0.05, 0.1) is 0 Å². The molecule has 0 aliphatic rings. The second kappa shape index (κ2) is 7.31. The summed E-state index contributed by atoms with van der Waals surface area (Å²) in [7, 11) is 0. The fraction of sp³-hybridized carbons (Fsp3) is 0.0952. The molecule has 1 aromatic carbocycles. The molecule has 1 atom stereocenters. The third kappa shape index (κ3) is 3.43. The molecule has 3 heterocycles. The first kappa shape index (κ1) is 18.0. The third-order valence-electron chi connectivity index (χ3n) is 4.28. The zero-order valence-corrected chi connectivity index (χ0v) is 16.0. The van der Waals surface area contributed by atoms with Gasteiger partial charge in [-0.05, 0) is 37.3 Å². The van der Waals surface area contributed by atoms with Gasteiger partial charge in [0.15, 0.2) is 0 Å². The molecule has 27 heavy (non-hydrogen) atoms. The molecule has 4 rings (SSSR count). The Balaban J connectivity index is 1.93. The van der Waals surface area contributed by atoms with Crippen molar-refractivity contribution in [3.8, 4) is 20.9 Å². The van der Waals surface area contributed by atoms with Gasteiger partial charge >= 0.3 is 0 Å². The molecule has 136 valence electrons. The first-order valence-corrected chi connectivity index (χ1v) is 9.96. The molecular weight excluding hydrogens is 384 g/mol. The topological polar surface area (TPSA) is 33.1 Å². The minimum absolute atomic E-state index is 0.277. The second-order valence-electron chi connectivity index (χ2n) is 6.12. The van der Waals surface area contributed by atoms with E-state index in [1.807, 2.05) is 24.4 Å². The number of hydrogen-bond acceptors (Lipinski definition) is 4. The standard InChI is InChI=1S/C21H15F2NOS2/c1-12-4-7-18(27-12)16-11-26-21(15-6-5-14(22)9-17(15)23)19(16)20(25)13-3-2-8-24-10-13/h2-11,20,25H,1H3. The van der Waals surface area contributed by atoms with E-state index in [9.17, 15) is 13.9 Å². The highest BCUT2D eigenvalue weighted by atomic mass is 32.1. The van der Waals surface area contributed by atoms with Crippen molar-refractivity contribution in [3.63, 3.8) is 0 Å². The van der Waals surface area contributed by atoms with Crippen LogP contribution in [0, 0.1) is 18.6 Å². The van der Waals surface area contributed by atoms with Crippen LogP contribution in [0.1, 0.15) is 22.1 Å². The number of aliphatic hydroxyl groups excluding tert-OH is 1. The lowest BCUT2D eigenvalue weighted by Gasteiger charge is -2.15. The Morgan fingerprint density at radius 2 is 1.93 bits per heavy atom. The van der Waals surface area contributed by atoms with Crippen LogP contribution in [-0.2, 0) is 0 Å². The summed E-state index contributed by atoms with van der Waals surface area (Å²) in [5, 5.41) is 13.0. The first-order valence-electron chi connectivity index (χ1n) is 8.26. The van der Waals surface area contributed by atoms with Gasteiger partial charge in [-0.25, -0.2) is 8.78 Å². The maximum Gasteiger partial charge on any atom is 0.134 e. The fourth-order valence-corrected chi connectivity index (χ4v) is 5.10. The van der Waals surface area contributed by atoms with E-state index in [-0.39, 0.29) is 5.56 Å². The van der Waals surface area contributed by atoms with E-state index in [2.05, 4.69) is 4.98 Å². The van der Waals surface area contributed by atoms with Crippen LogP contribution in [0.15, 0.2) is 60.2 Å². The molecule has 6 heteroatoms. The monoisotopic (exact) mass is 399 g/mol. The number of aliphatic hydroxyl groups is 1. The van der Waals surface area contributed by atoms with Gasteiger partial charge < -0.3 is 5.11 Å². The van der Waals surface area contributed by atoms with Gasteiger partial charge in [0.2, 0.25) is 0 Å². The first-order chi connectivity index (χ1) is 13.0. The second-order valence-corrected chi connectivity index (χ2v) is 8.28. The molecule has 4 aromatic rings. The summed E-state index contributed by atoms with van der Waals surface area (Å²) in [6.45, 7) is 2.01. The van der Waals surface area contributed by atoms with Crippen LogP contribution in [0.5, 0.6) is 0 Å². The maximum atomic E-state index is 14.5. The average Bonchev–Trinajstić information content (AvgIpc) is 3.28. The van der Waals surface area contributed by atoms with Gasteiger partial charge in [0.25, 0.3) is 0 Å². The van der Waals surface area contributed by atoms with Crippen molar-refractivity contribution in [3.05, 3.63) is 87.9 Å². The Morgan fingerprint density at radius 3 is 2.59 bits per heavy atom. The fourth-order valence-electron chi connectivity index (χ4n) is 3.00. The summed E-state index contributed by atoms with van der Waals surface area (Å²) in [5.41, 5.74) is 2.36. The van der Waals surface area contributed by atoms with Crippen molar-refractivity contribution >= 4 is 22.7 Å². The van der Waals surface area contributed by atoms with Crippen LogP contribution in [0.3, 0.4) is 0 Å². The van der Waals surface area contributed by atoms with Crippen LogP contribution < -0.4 is 0 Å². The maximum absolute atomic E-state index is 14.5. The molecule has 0 amide bonds. The van der Waals surface area contributed by atoms with E-state index in [4.69, 9.17) is 0 Å². The predicted molar refractivity (Wildman–Crippen MR) is 106 cm³/mol. The molecule has 0 saturated carbocycles. The van der Waals surface area contributed by atoms with E-state index in [1.165, 1.54) is 23.5 Å². The van der Waals surface area contributed by atoms with Crippen LogP contribution in [-0.4, -0.2) is 10.1 Å². The number of pyridine rings is 1. The largest absolute Gasteiger partial charge is 0.384 e. The molecular formula is C21H15F2NOS2. The van der Waals surface area contributed by atoms with Crippen LogP contribution in [0.4, 0.5) is 8.78 Å². The quantitative estimate of drug-likeness (QED) is 0.443. The molecule has 0 bridgehead atoms. The number of nitrogens with zero attached hydrogens (tertiary/aromatic N) is 1. The molecule has 0 fully saturated rings. The minimum atomic E-state index is -0.971. The Morgan fingerprint density at radius 1 is 1.07 bits per heavy atom. The van der Waals surface area contributed by atoms with Gasteiger partial charge in [-0.1, -0.05) is 6.07 Å². The van der Waals surface area contributed by atoms with E-state index in [0.29, 0.717) is 16.0 Å². The van der Waals surface area contributed by atoms with Crippen molar-refractivity contribution in [2.24, 2.45) is 0 Å². The van der Waals surface area contributed by atoms with Crippen molar-refractivity contribution < 1.29 is 13.9 Å². The molecule has 0 saturated heterocycles. The molecule has 1 N–H and O–H groups in total. The zero-order valence-electron chi connectivity index (χ0n) is 14.3. The van der Waals surface area contributed by atoms with Crippen molar-refractivity contribution in [1.82, 2.24) is 4.98 Å². The molecule has 0 aliphatic heterocycles. The molecule has 3 aromatic heterocycles. The lowest BCUT2D eigenvalue weighted by Crippen LogP contribution is -2.02. The lowest BCUT2D eigenvalue weighted by atomic mass is 9.96. The number of hydrogen-bond donors (Lipinski definition) is 1. The molecule has 1 unspecified atom stereocenters. The number of benzene rings is 1. The Hall–Kier alpha value is -2.41. The predicted octanol–water partition coefficient (Wildman–Crippen LogP) is 6.21. The highest BCUT2D eigenvalue weighted by Gasteiger charge is 2.25. The van der Waals surface area contributed by atoms with Gasteiger partial charge in [0.1, 0.15) is 17.7 Å². The highest BCUT2D eigenvalue weighted by molar-refractivity contribution is 7.17. The Labute approximate surface area is 163 Å². The van der Waals surface area contributed by atoms with Gasteiger partial charge in [0, 0.05) is 60.7 Å². The summed E-state index contributed by atoms with van der Waals surface area (Å²) in [6.07, 6.45) is 2.26. The summed E-state index contributed by atoms with van der Waals surface area (Å²) >= 11 is 2.95. The number of thiophene rings is 2. The van der Waals surface area contributed by atoms with E-state index in [0.717, 1.165) is 21.4 Å². The van der Waals surface area contributed by atoms with Crippen LogP contribution in [0.25, 0.3) is 20.9 Å². The number of aryl methyl sites for hydroxylation is 1. The summed E-state index contributed by atoms with van der Waals surface area (Å²) in [5.74, 6) is -1.28. The molecule has 0 aliphatic carbocycles. The number of aromatic nitrogens is 1. The number of halogens is 2. The van der Waals surface area contributed by atoms with Crippen molar-refractivity contribution in [2.75, 3.05) is 0 Å². The van der Waals surface area contributed by atoms with Gasteiger partial charge in [-0.15, -0.1) is 22.7 Å². The smallest absolute Gasteiger partial charge is 0.134 e. The van der Waals surface area contributed by atoms with Crippen LogP contribution in [0.2, 0.25) is 0 Å². The normalized spacial score (nSPS) is 12.3. The van der Waals surface area contributed by atoms with Crippen LogP contribution >= 0.6 is 22.7 Å². The lowest BCUT2D eigenvalue weighted by molar-refractivity contribution is 0.221. The third-order valence-corrected chi connectivity index (χ3v) is 6.35. The minimum Gasteiger partial charge on any atom is -0.384 e. The summed E-state index contributed by atoms with van der Waals surface area (Å²) in [4.78, 5) is 6.81. The molecule has 2 nitrogen and oxygen atoms in total. The van der Waals surface area contributed by atoms with Gasteiger partial charge in [-0.3, -0.25) is 4.98 Å². The highest BCUT2D eigenvalue weighted by Crippen LogP contribution is 2.45. The van der Waals surface area contributed by atoms with E-state index in [1.54, 1.807) is 35.9 Å². The van der Waals surface area contributed by atoms with Crippen molar-refractivity contribution in [2.45, 2.75) is 13.0 Å². The number of rotatable bonds is 4. The molecule has 0 spiro atoms. The summed E-state index contributed by atoms with van der Waals surface area (Å²) in [6, 6.07) is 11.0. The van der Waals surface area contributed by atoms with E-state index >= 15 is 0 Å². The Bertz CT molecular complexity index is 1090. The SMILES string of the molecule is Cc1ccc(-c2csc(-c3ccc(F)cc3F)c2C(O)c2cccnc2)s1.